The minimum absolute atomic E-state index is 0.283. The predicted molar refractivity (Wildman–Crippen MR) is 102 cm³/mol. The second-order valence-electron chi connectivity index (χ2n) is 5.76. The lowest BCUT2D eigenvalue weighted by molar-refractivity contribution is 0.102. The molecule has 1 N–H and O–H groups in total. The maximum Gasteiger partial charge on any atom is 0.263 e. The molecule has 1 aromatic heterocycles. The number of pyridine rings is 1. The number of ether oxygens (including phenoxy) is 2. The summed E-state index contributed by atoms with van der Waals surface area (Å²) in [5.41, 5.74) is 4.10. The van der Waals surface area contributed by atoms with Gasteiger partial charge in [0.2, 0.25) is 0 Å². The van der Waals surface area contributed by atoms with Crippen LogP contribution in [0.25, 0.3) is 11.1 Å². The topological polar surface area (TPSA) is 60.5 Å². The van der Waals surface area contributed by atoms with E-state index in [0.29, 0.717) is 17.1 Å². The van der Waals surface area contributed by atoms with E-state index < -0.39 is 0 Å². The standard InChI is InChI=1S/C21H20N2O3/c1-14-7-8-16(15-9-11-22-12-10-15)13-17(14)23-21(24)20-18(25-2)5-4-6-19(20)26-3/h4-13H,1-3H3,(H,23,24). The maximum absolute atomic E-state index is 12.9. The summed E-state index contributed by atoms with van der Waals surface area (Å²) in [6, 6.07) is 15.1. The zero-order chi connectivity index (χ0) is 18.5. The maximum atomic E-state index is 12.9. The molecule has 0 bridgehead atoms. The minimum Gasteiger partial charge on any atom is -0.496 e. The van der Waals surface area contributed by atoms with E-state index in [1.807, 2.05) is 37.3 Å². The predicted octanol–water partition coefficient (Wildman–Crippen LogP) is 4.33. The van der Waals surface area contributed by atoms with Gasteiger partial charge in [-0.1, -0.05) is 18.2 Å². The monoisotopic (exact) mass is 348 g/mol. The van der Waals surface area contributed by atoms with Crippen molar-refractivity contribution in [2.45, 2.75) is 6.92 Å². The lowest BCUT2D eigenvalue weighted by atomic mass is 10.0. The average Bonchev–Trinajstić information content (AvgIpc) is 2.69. The highest BCUT2D eigenvalue weighted by atomic mass is 16.5. The number of methoxy groups -OCH3 is 2. The first-order valence-electron chi connectivity index (χ1n) is 8.17. The second-order valence-corrected chi connectivity index (χ2v) is 5.76. The van der Waals surface area contributed by atoms with Crippen LogP contribution < -0.4 is 14.8 Å². The van der Waals surface area contributed by atoms with Crippen LogP contribution in [-0.4, -0.2) is 25.1 Å². The Morgan fingerprint density at radius 3 is 2.19 bits per heavy atom. The van der Waals surface area contributed by atoms with Gasteiger partial charge in [0.05, 0.1) is 14.2 Å². The Kier molecular flexibility index (Phi) is 5.17. The number of aryl methyl sites for hydroxylation is 1. The molecule has 1 amide bonds. The van der Waals surface area contributed by atoms with Gasteiger partial charge in [-0.05, 0) is 53.9 Å². The van der Waals surface area contributed by atoms with Crippen LogP contribution >= 0.6 is 0 Å². The van der Waals surface area contributed by atoms with Gasteiger partial charge in [0, 0.05) is 18.1 Å². The number of benzene rings is 2. The number of nitrogens with one attached hydrogen (secondary N) is 1. The minimum atomic E-state index is -0.283. The van der Waals surface area contributed by atoms with Crippen molar-refractivity contribution in [2.75, 3.05) is 19.5 Å². The summed E-state index contributed by atoms with van der Waals surface area (Å²) in [4.78, 5) is 16.9. The third kappa shape index (κ3) is 3.52. The molecule has 3 aromatic rings. The third-order valence-corrected chi connectivity index (χ3v) is 4.15. The SMILES string of the molecule is COc1cccc(OC)c1C(=O)Nc1cc(-c2ccncc2)ccc1C. The van der Waals surface area contributed by atoms with Crippen molar-refractivity contribution < 1.29 is 14.3 Å². The fraction of sp³-hybridized carbons (Fsp3) is 0.143. The average molecular weight is 348 g/mol. The van der Waals surface area contributed by atoms with E-state index in [4.69, 9.17) is 9.47 Å². The summed E-state index contributed by atoms with van der Waals surface area (Å²) in [6.07, 6.45) is 3.49. The fourth-order valence-electron chi connectivity index (χ4n) is 2.74. The Labute approximate surface area is 152 Å². The van der Waals surface area contributed by atoms with Gasteiger partial charge >= 0.3 is 0 Å². The van der Waals surface area contributed by atoms with Crippen LogP contribution in [0.2, 0.25) is 0 Å². The van der Waals surface area contributed by atoms with E-state index in [1.165, 1.54) is 14.2 Å². The lowest BCUT2D eigenvalue weighted by Gasteiger charge is -2.15. The van der Waals surface area contributed by atoms with Crippen LogP contribution in [0.4, 0.5) is 5.69 Å². The number of anilines is 1. The van der Waals surface area contributed by atoms with Crippen LogP contribution in [0.1, 0.15) is 15.9 Å². The highest BCUT2D eigenvalue weighted by Gasteiger charge is 2.19. The summed E-state index contributed by atoms with van der Waals surface area (Å²) in [6.45, 7) is 1.95. The van der Waals surface area contributed by atoms with Gasteiger partial charge in [0.1, 0.15) is 17.1 Å². The molecule has 3 rings (SSSR count). The molecule has 26 heavy (non-hydrogen) atoms. The third-order valence-electron chi connectivity index (χ3n) is 4.15. The number of carbonyl (C=O) groups is 1. The number of amides is 1. The van der Waals surface area contributed by atoms with E-state index >= 15 is 0 Å². The van der Waals surface area contributed by atoms with E-state index in [-0.39, 0.29) is 5.91 Å². The van der Waals surface area contributed by atoms with Crippen molar-refractivity contribution in [1.29, 1.82) is 0 Å². The zero-order valence-corrected chi connectivity index (χ0v) is 14.9. The van der Waals surface area contributed by atoms with Gasteiger partial charge in [-0.2, -0.15) is 0 Å². The van der Waals surface area contributed by atoms with Gasteiger partial charge in [-0.3, -0.25) is 9.78 Å². The molecule has 5 nitrogen and oxygen atoms in total. The Morgan fingerprint density at radius 1 is 0.923 bits per heavy atom. The summed E-state index contributed by atoms with van der Waals surface area (Å²) < 4.78 is 10.6. The number of aromatic nitrogens is 1. The molecule has 0 radical (unpaired) electrons. The van der Waals surface area contributed by atoms with Crippen LogP contribution in [0.15, 0.2) is 60.9 Å². The first-order valence-corrected chi connectivity index (χ1v) is 8.17. The van der Waals surface area contributed by atoms with Crippen LogP contribution in [0, 0.1) is 6.92 Å². The van der Waals surface area contributed by atoms with Crippen LogP contribution in [0.3, 0.4) is 0 Å². The number of nitrogens with zero attached hydrogens (tertiary/aromatic N) is 1. The summed E-state index contributed by atoms with van der Waals surface area (Å²) >= 11 is 0. The quantitative estimate of drug-likeness (QED) is 0.746. The van der Waals surface area contributed by atoms with Gasteiger partial charge in [0.15, 0.2) is 0 Å². The molecule has 5 heteroatoms. The first-order chi connectivity index (χ1) is 12.6. The van der Waals surface area contributed by atoms with Gasteiger partial charge in [-0.25, -0.2) is 0 Å². The number of hydrogen-bond acceptors (Lipinski definition) is 4. The smallest absolute Gasteiger partial charge is 0.263 e. The largest absolute Gasteiger partial charge is 0.496 e. The summed E-state index contributed by atoms with van der Waals surface area (Å²) in [7, 11) is 3.06. The van der Waals surface area contributed by atoms with Crippen molar-refractivity contribution in [3.63, 3.8) is 0 Å². The molecule has 0 spiro atoms. The molecule has 0 atom stereocenters. The Bertz CT molecular complexity index is 902. The van der Waals surface area contributed by atoms with Crippen molar-refractivity contribution >= 4 is 11.6 Å². The molecule has 0 saturated carbocycles. The molecular weight excluding hydrogens is 328 g/mol. The molecule has 0 aliphatic carbocycles. The van der Waals surface area contributed by atoms with Crippen LogP contribution in [0.5, 0.6) is 11.5 Å². The van der Waals surface area contributed by atoms with E-state index in [9.17, 15) is 4.79 Å². The highest BCUT2D eigenvalue weighted by Crippen LogP contribution is 2.30. The Hall–Kier alpha value is -3.34. The molecule has 0 fully saturated rings. The van der Waals surface area contributed by atoms with Crippen molar-refractivity contribution in [3.05, 3.63) is 72.1 Å². The molecule has 0 aliphatic rings. The molecule has 0 unspecified atom stereocenters. The molecule has 1 heterocycles. The highest BCUT2D eigenvalue weighted by molar-refractivity contribution is 6.08. The number of hydrogen-bond donors (Lipinski definition) is 1. The van der Waals surface area contributed by atoms with Gasteiger partial charge in [0.25, 0.3) is 5.91 Å². The molecule has 0 aliphatic heterocycles. The van der Waals surface area contributed by atoms with E-state index in [0.717, 1.165) is 22.4 Å². The molecular formula is C21H20N2O3. The summed E-state index contributed by atoms with van der Waals surface area (Å²) in [5, 5.41) is 2.97. The van der Waals surface area contributed by atoms with Crippen molar-refractivity contribution in [1.82, 2.24) is 4.98 Å². The molecule has 2 aromatic carbocycles. The van der Waals surface area contributed by atoms with Crippen molar-refractivity contribution in [3.8, 4) is 22.6 Å². The number of rotatable bonds is 5. The van der Waals surface area contributed by atoms with Crippen LogP contribution in [-0.2, 0) is 0 Å². The molecule has 132 valence electrons. The molecule has 0 saturated heterocycles. The second kappa shape index (κ2) is 7.70. The lowest BCUT2D eigenvalue weighted by Crippen LogP contribution is -2.15. The Morgan fingerprint density at radius 2 is 1.58 bits per heavy atom. The zero-order valence-electron chi connectivity index (χ0n) is 14.9. The van der Waals surface area contributed by atoms with Crippen molar-refractivity contribution in [2.24, 2.45) is 0 Å². The van der Waals surface area contributed by atoms with E-state index in [2.05, 4.69) is 10.3 Å². The summed E-state index contributed by atoms with van der Waals surface area (Å²) in [5.74, 6) is 0.642. The van der Waals surface area contributed by atoms with E-state index in [1.54, 1.807) is 30.6 Å². The van der Waals surface area contributed by atoms with Gasteiger partial charge in [-0.15, -0.1) is 0 Å². The Balaban J connectivity index is 1.96. The fourth-order valence-corrected chi connectivity index (χ4v) is 2.74. The number of carbonyl (C=O) groups excluding carboxylic acids is 1. The first kappa shape index (κ1) is 17.5. The van der Waals surface area contributed by atoms with Gasteiger partial charge < -0.3 is 14.8 Å². The normalized spacial score (nSPS) is 10.3.